The van der Waals surface area contributed by atoms with E-state index in [9.17, 15) is 9.90 Å². The molecule has 1 aromatic heterocycles. The van der Waals surface area contributed by atoms with E-state index in [1.807, 2.05) is 0 Å². The first-order valence-electron chi connectivity index (χ1n) is 6.64. The number of halogens is 1. The number of rotatable bonds is 5. The highest BCUT2D eigenvalue weighted by molar-refractivity contribution is 6.32. The first-order chi connectivity index (χ1) is 8.65. The Bertz CT molecular complexity index is 436. The Labute approximate surface area is 112 Å². The second-order valence-corrected chi connectivity index (χ2v) is 5.27. The van der Waals surface area contributed by atoms with E-state index >= 15 is 0 Å². The van der Waals surface area contributed by atoms with Gasteiger partial charge in [-0.3, -0.25) is 4.68 Å². The third-order valence-corrected chi connectivity index (χ3v) is 3.98. The van der Waals surface area contributed by atoms with Gasteiger partial charge in [-0.15, -0.1) is 0 Å². The van der Waals surface area contributed by atoms with Crippen LogP contribution >= 0.6 is 11.6 Å². The molecule has 0 atom stereocenters. The van der Waals surface area contributed by atoms with E-state index < -0.39 is 5.97 Å². The van der Waals surface area contributed by atoms with Crippen LogP contribution in [0, 0.1) is 0 Å². The fourth-order valence-electron chi connectivity index (χ4n) is 2.60. The Kier molecular flexibility index (Phi) is 4.27. The normalized spacial score (nSPS) is 16.3. The summed E-state index contributed by atoms with van der Waals surface area (Å²) in [6, 6.07) is 0. The largest absolute Gasteiger partial charge is 0.478 e. The third-order valence-electron chi connectivity index (χ3n) is 3.60. The van der Waals surface area contributed by atoms with Crippen molar-refractivity contribution in [1.29, 1.82) is 0 Å². The van der Waals surface area contributed by atoms with Gasteiger partial charge in [-0.1, -0.05) is 37.8 Å². The molecule has 4 nitrogen and oxygen atoms in total. The first-order valence-corrected chi connectivity index (χ1v) is 7.02. The van der Waals surface area contributed by atoms with Gasteiger partial charge in [0, 0.05) is 12.5 Å². The summed E-state index contributed by atoms with van der Waals surface area (Å²) in [6.07, 6.45) is 6.37. The highest BCUT2D eigenvalue weighted by Crippen LogP contribution is 2.37. The monoisotopic (exact) mass is 270 g/mol. The van der Waals surface area contributed by atoms with Crippen molar-refractivity contribution in [3.63, 3.8) is 0 Å². The summed E-state index contributed by atoms with van der Waals surface area (Å²) in [7, 11) is 0. The van der Waals surface area contributed by atoms with Crippen LogP contribution in [-0.2, 0) is 6.54 Å². The number of aromatic nitrogens is 2. The van der Waals surface area contributed by atoms with Crippen LogP contribution in [0.3, 0.4) is 0 Å². The topological polar surface area (TPSA) is 55.1 Å². The lowest BCUT2D eigenvalue weighted by Gasteiger charge is -2.05. The molecular formula is C13H19ClN2O2. The Morgan fingerprint density at radius 3 is 2.72 bits per heavy atom. The fraction of sp³-hybridized carbons (Fsp3) is 0.692. The van der Waals surface area contributed by atoms with Crippen molar-refractivity contribution in [2.45, 2.75) is 57.9 Å². The molecule has 1 aromatic rings. The minimum absolute atomic E-state index is 0.222. The molecule has 1 aliphatic carbocycles. The first kappa shape index (κ1) is 13.4. The maximum absolute atomic E-state index is 11.3. The molecule has 5 heteroatoms. The summed E-state index contributed by atoms with van der Waals surface area (Å²) < 4.78 is 1.65. The highest BCUT2D eigenvalue weighted by atomic mass is 35.5. The SMILES string of the molecule is CCCCn1nc(C2CCCC2)c(C(=O)O)c1Cl. The number of aryl methyl sites for hydroxylation is 1. The maximum Gasteiger partial charge on any atom is 0.340 e. The number of hydrogen-bond acceptors (Lipinski definition) is 2. The lowest BCUT2D eigenvalue weighted by atomic mass is 10.0. The molecule has 0 amide bonds. The van der Waals surface area contributed by atoms with Gasteiger partial charge < -0.3 is 5.11 Å². The molecule has 0 bridgehead atoms. The summed E-state index contributed by atoms with van der Waals surface area (Å²) in [6.45, 7) is 2.79. The van der Waals surface area contributed by atoms with Gasteiger partial charge in [0.1, 0.15) is 10.7 Å². The van der Waals surface area contributed by atoms with Crippen LogP contribution in [-0.4, -0.2) is 20.9 Å². The Morgan fingerprint density at radius 2 is 2.17 bits per heavy atom. The molecule has 0 spiro atoms. The fourth-order valence-corrected chi connectivity index (χ4v) is 2.90. The van der Waals surface area contributed by atoms with E-state index in [1.165, 1.54) is 0 Å². The maximum atomic E-state index is 11.3. The smallest absolute Gasteiger partial charge is 0.340 e. The zero-order chi connectivity index (χ0) is 13.1. The minimum Gasteiger partial charge on any atom is -0.478 e. The summed E-state index contributed by atoms with van der Waals surface area (Å²) in [5, 5.41) is 14.1. The van der Waals surface area contributed by atoms with E-state index in [0.717, 1.165) is 38.5 Å². The molecule has 0 unspecified atom stereocenters. The van der Waals surface area contributed by atoms with Crippen LogP contribution < -0.4 is 0 Å². The number of nitrogens with zero attached hydrogens (tertiary/aromatic N) is 2. The Hall–Kier alpha value is -1.03. The third kappa shape index (κ3) is 2.53. The number of carbonyl (C=O) groups is 1. The number of aromatic carboxylic acids is 1. The lowest BCUT2D eigenvalue weighted by Crippen LogP contribution is -2.04. The summed E-state index contributed by atoms with van der Waals surface area (Å²) in [4.78, 5) is 11.3. The summed E-state index contributed by atoms with van der Waals surface area (Å²) in [5.41, 5.74) is 0.917. The van der Waals surface area contributed by atoms with Gasteiger partial charge in [0.05, 0.1) is 5.69 Å². The summed E-state index contributed by atoms with van der Waals surface area (Å²) >= 11 is 6.16. The van der Waals surface area contributed by atoms with Gasteiger partial charge in [-0.2, -0.15) is 5.10 Å². The molecule has 2 rings (SSSR count). The molecule has 1 fully saturated rings. The number of unbranched alkanes of at least 4 members (excludes halogenated alkanes) is 1. The van der Waals surface area contributed by atoms with Crippen molar-refractivity contribution in [3.05, 3.63) is 16.4 Å². The standard InChI is InChI=1S/C13H19ClN2O2/c1-2-3-8-16-12(14)10(13(17)18)11(15-16)9-6-4-5-7-9/h9H,2-8H2,1H3,(H,17,18). The van der Waals surface area contributed by atoms with Crippen LogP contribution in [0.5, 0.6) is 0 Å². The molecule has 1 N–H and O–H groups in total. The molecule has 1 aliphatic rings. The molecule has 100 valence electrons. The van der Waals surface area contributed by atoms with Crippen molar-refractivity contribution in [3.8, 4) is 0 Å². The molecule has 1 heterocycles. The van der Waals surface area contributed by atoms with E-state index in [-0.39, 0.29) is 16.6 Å². The summed E-state index contributed by atoms with van der Waals surface area (Å²) in [5.74, 6) is -0.680. The molecule has 0 saturated heterocycles. The quantitative estimate of drug-likeness (QED) is 0.888. The van der Waals surface area contributed by atoms with Gasteiger partial charge in [0.25, 0.3) is 0 Å². The number of carboxylic acid groups (broad SMARTS) is 1. The molecule has 0 aromatic carbocycles. The molecule has 0 aliphatic heterocycles. The van der Waals surface area contributed by atoms with E-state index in [2.05, 4.69) is 12.0 Å². The number of carboxylic acids is 1. The second-order valence-electron chi connectivity index (χ2n) is 4.91. The lowest BCUT2D eigenvalue weighted by molar-refractivity contribution is 0.0695. The molecular weight excluding hydrogens is 252 g/mol. The molecule has 1 saturated carbocycles. The Balaban J connectivity index is 2.34. The molecule has 0 radical (unpaired) electrons. The minimum atomic E-state index is -0.954. The van der Waals surface area contributed by atoms with E-state index in [1.54, 1.807) is 4.68 Å². The average molecular weight is 271 g/mol. The van der Waals surface area contributed by atoms with Crippen molar-refractivity contribution >= 4 is 17.6 Å². The van der Waals surface area contributed by atoms with Crippen molar-refractivity contribution in [1.82, 2.24) is 9.78 Å². The zero-order valence-electron chi connectivity index (χ0n) is 10.7. The van der Waals surface area contributed by atoms with Crippen LogP contribution in [0.1, 0.15) is 67.4 Å². The van der Waals surface area contributed by atoms with Gasteiger partial charge in [-0.05, 0) is 19.3 Å². The second kappa shape index (κ2) is 5.74. The number of hydrogen-bond donors (Lipinski definition) is 1. The average Bonchev–Trinajstić information content (AvgIpc) is 2.93. The van der Waals surface area contributed by atoms with Crippen molar-refractivity contribution in [2.24, 2.45) is 0 Å². The van der Waals surface area contributed by atoms with E-state index in [0.29, 0.717) is 12.2 Å². The predicted octanol–water partition coefficient (Wildman–Crippen LogP) is 3.69. The van der Waals surface area contributed by atoms with E-state index in [4.69, 9.17) is 11.6 Å². The Morgan fingerprint density at radius 1 is 1.50 bits per heavy atom. The van der Waals surface area contributed by atoms with Crippen LogP contribution in [0.4, 0.5) is 0 Å². The zero-order valence-corrected chi connectivity index (χ0v) is 11.4. The van der Waals surface area contributed by atoms with Crippen LogP contribution in [0.25, 0.3) is 0 Å². The van der Waals surface area contributed by atoms with Crippen molar-refractivity contribution in [2.75, 3.05) is 0 Å². The van der Waals surface area contributed by atoms with Gasteiger partial charge in [-0.25, -0.2) is 4.79 Å². The predicted molar refractivity (Wildman–Crippen MR) is 70.3 cm³/mol. The molecule has 18 heavy (non-hydrogen) atoms. The van der Waals surface area contributed by atoms with Crippen molar-refractivity contribution < 1.29 is 9.90 Å². The van der Waals surface area contributed by atoms with Crippen LogP contribution in [0.15, 0.2) is 0 Å². The van der Waals surface area contributed by atoms with Gasteiger partial charge in [0.2, 0.25) is 0 Å². The van der Waals surface area contributed by atoms with Crippen LogP contribution in [0.2, 0.25) is 5.15 Å². The van der Waals surface area contributed by atoms with Gasteiger partial charge in [0.15, 0.2) is 0 Å². The highest BCUT2D eigenvalue weighted by Gasteiger charge is 2.29. The van der Waals surface area contributed by atoms with Gasteiger partial charge >= 0.3 is 5.97 Å².